The fraction of sp³-hybridized carbons (Fsp3) is 0.778. The van der Waals surface area contributed by atoms with Gasteiger partial charge in [0, 0.05) is 46.7 Å². The molecule has 0 saturated heterocycles. The molecule has 0 atom stereocenters. The van der Waals surface area contributed by atoms with Crippen molar-refractivity contribution in [2.75, 3.05) is 27.8 Å². The average molecular weight is 266 g/mol. The van der Waals surface area contributed by atoms with E-state index >= 15 is 0 Å². The van der Waals surface area contributed by atoms with E-state index in [9.17, 15) is 4.79 Å². The van der Waals surface area contributed by atoms with Crippen LogP contribution in [0.3, 0.4) is 0 Å². The molecule has 0 unspecified atom stereocenters. The first kappa shape index (κ1) is 29.2. The second-order valence-electron chi connectivity index (χ2n) is 2.44. The molecule has 1 radical (unpaired) electrons. The van der Waals surface area contributed by atoms with Crippen molar-refractivity contribution in [3.8, 4) is 0 Å². The number of hydrogen-bond donors (Lipinski definition) is 0. The van der Waals surface area contributed by atoms with Gasteiger partial charge in [0.2, 0.25) is 5.91 Å². The van der Waals surface area contributed by atoms with Gasteiger partial charge in [-0.15, -0.1) is 0 Å². The molecule has 0 bridgehead atoms. The molecule has 0 aliphatic rings. The molecule has 0 spiro atoms. The molecule has 0 aromatic rings. The molecule has 3 nitrogen and oxygen atoms in total. The van der Waals surface area contributed by atoms with E-state index in [2.05, 4.69) is 0 Å². The Labute approximate surface area is 110 Å². The van der Waals surface area contributed by atoms with Crippen molar-refractivity contribution in [2.45, 2.75) is 21.8 Å². The summed E-state index contributed by atoms with van der Waals surface area (Å²) in [5.41, 5.74) is 0. The van der Waals surface area contributed by atoms with Crippen LogP contribution >= 0.6 is 0 Å². The number of hydrogen-bond acceptors (Lipinski definition) is 2. The topological polar surface area (TPSA) is 23.6 Å². The SMILES string of the molecule is C.C.CC(=O)N(C)CN(C)C.[CH3-].[Y]. The molecular weight excluding hydrogens is 241 g/mol. The Morgan fingerprint density at radius 1 is 1.15 bits per heavy atom. The van der Waals surface area contributed by atoms with Gasteiger partial charge in [0.1, 0.15) is 0 Å². The quantitative estimate of drug-likeness (QED) is 0.561. The summed E-state index contributed by atoms with van der Waals surface area (Å²) in [5, 5.41) is 0. The van der Waals surface area contributed by atoms with Crippen molar-refractivity contribution in [3.63, 3.8) is 0 Å². The van der Waals surface area contributed by atoms with Crippen LogP contribution in [0.2, 0.25) is 0 Å². The van der Waals surface area contributed by atoms with Gasteiger partial charge in [-0.1, -0.05) is 14.9 Å². The zero-order valence-corrected chi connectivity index (χ0v) is 10.9. The zero-order valence-electron chi connectivity index (χ0n) is 8.09. The van der Waals surface area contributed by atoms with Crippen LogP contribution < -0.4 is 0 Å². The fourth-order valence-electron chi connectivity index (χ4n) is 0.524. The van der Waals surface area contributed by atoms with Gasteiger partial charge in [0.05, 0.1) is 6.67 Å². The molecule has 0 aliphatic heterocycles. The van der Waals surface area contributed by atoms with E-state index in [0.29, 0.717) is 6.67 Å². The molecule has 81 valence electrons. The van der Waals surface area contributed by atoms with E-state index in [1.807, 2.05) is 19.0 Å². The number of rotatable bonds is 2. The molecule has 0 aromatic heterocycles. The second kappa shape index (κ2) is 15.0. The van der Waals surface area contributed by atoms with E-state index in [1.165, 1.54) is 0 Å². The standard InChI is InChI=1S/C6H14N2O.2CH4.CH3.Y/c1-6(9)8(4)5-7(2)3;;;;/h5H2,1-4H3;2*1H4;1H3;/q;;;-1;. The predicted octanol–water partition coefficient (Wildman–Crippen LogP) is 1.70. The van der Waals surface area contributed by atoms with Gasteiger partial charge < -0.3 is 12.3 Å². The van der Waals surface area contributed by atoms with Gasteiger partial charge >= 0.3 is 0 Å². The van der Waals surface area contributed by atoms with Crippen molar-refractivity contribution >= 4 is 5.91 Å². The van der Waals surface area contributed by atoms with Crippen LogP contribution in [0.5, 0.6) is 0 Å². The van der Waals surface area contributed by atoms with Gasteiger partial charge in [-0.05, 0) is 14.1 Å². The Kier molecular flexibility index (Phi) is 33.7. The molecule has 0 N–H and O–H groups in total. The van der Waals surface area contributed by atoms with E-state index in [4.69, 9.17) is 0 Å². The molecule has 4 heteroatoms. The van der Waals surface area contributed by atoms with Gasteiger partial charge in [-0.25, -0.2) is 0 Å². The summed E-state index contributed by atoms with van der Waals surface area (Å²) in [6.07, 6.45) is 0. The van der Waals surface area contributed by atoms with E-state index in [0.717, 1.165) is 0 Å². The van der Waals surface area contributed by atoms with Crippen molar-refractivity contribution in [1.82, 2.24) is 9.80 Å². The van der Waals surface area contributed by atoms with E-state index in [-0.39, 0.29) is 60.9 Å². The van der Waals surface area contributed by atoms with E-state index < -0.39 is 0 Å². The van der Waals surface area contributed by atoms with Crippen LogP contribution in [0, 0.1) is 7.43 Å². The largest absolute Gasteiger partial charge is 0.358 e. The second-order valence-corrected chi connectivity index (χ2v) is 2.44. The van der Waals surface area contributed by atoms with E-state index in [1.54, 1.807) is 18.9 Å². The fourth-order valence-corrected chi connectivity index (χ4v) is 0.524. The minimum Gasteiger partial charge on any atom is -0.358 e. The van der Waals surface area contributed by atoms with Crippen molar-refractivity contribution in [2.24, 2.45) is 0 Å². The molecule has 0 heterocycles. The van der Waals surface area contributed by atoms with Crippen LogP contribution in [0.15, 0.2) is 0 Å². The Balaban J connectivity index is -0.0000000533. The Bertz CT molecular complexity index is 108. The van der Waals surface area contributed by atoms with Gasteiger partial charge in [0.25, 0.3) is 0 Å². The van der Waals surface area contributed by atoms with Crippen molar-refractivity contribution in [3.05, 3.63) is 7.43 Å². The third-order valence-corrected chi connectivity index (χ3v) is 1.03. The Hall–Kier alpha value is 0.534. The third-order valence-electron chi connectivity index (χ3n) is 1.03. The first-order chi connectivity index (χ1) is 4.04. The first-order valence-corrected chi connectivity index (χ1v) is 2.90. The summed E-state index contributed by atoms with van der Waals surface area (Å²) in [4.78, 5) is 14.2. The van der Waals surface area contributed by atoms with Gasteiger partial charge in [-0.2, -0.15) is 0 Å². The predicted molar refractivity (Wildman–Crippen MR) is 56.9 cm³/mol. The Morgan fingerprint density at radius 3 is 1.54 bits per heavy atom. The number of carbonyl (C=O) groups is 1. The molecule has 0 aliphatic carbocycles. The van der Waals surface area contributed by atoms with Crippen LogP contribution in [0.25, 0.3) is 0 Å². The first-order valence-electron chi connectivity index (χ1n) is 2.90. The molecule has 0 fully saturated rings. The van der Waals surface area contributed by atoms with Crippen LogP contribution in [-0.2, 0) is 37.5 Å². The minimum atomic E-state index is 0. The maximum atomic E-state index is 10.6. The molecule has 1 amide bonds. The number of nitrogens with zero attached hydrogens (tertiary/aromatic N) is 2. The monoisotopic (exact) mass is 266 g/mol. The third kappa shape index (κ3) is 19.1. The van der Waals surface area contributed by atoms with Gasteiger partial charge in [-0.3, -0.25) is 9.69 Å². The zero-order chi connectivity index (χ0) is 7.44. The summed E-state index contributed by atoms with van der Waals surface area (Å²) < 4.78 is 0. The summed E-state index contributed by atoms with van der Waals surface area (Å²) in [6, 6.07) is 0. The number of carbonyl (C=O) groups excluding carboxylic acids is 1. The average Bonchev–Trinajstić information content (AvgIpc) is 1.63. The van der Waals surface area contributed by atoms with Crippen LogP contribution in [-0.4, -0.2) is 43.5 Å². The summed E-state index contributed by atoms with van der Waals surface area (Å²) in [6.45, 7) is 2.25. The molecule has 0 aromatic carbocycles. The Morgan fingerprint density at radius 2 is 1.46 bits per heavy atom. The minimum absolute atomic E-state index is 0. The van der Waals surface area contributed by atoms with Crippen molar-refractivity contribution < 1.29 is 37.5 Å². The maximum absolute atomic E-state index is 10.6. The molecule has 13 heavy (non-hydrogen) atoms. The van der Waals surface area contributed by atoms with Crippen LogP contribution in [0.4, 0.5) is 0 Å². The summed E-state index contributed by atoms with van der Waals surface area (Å²) in [5.74, 6) is 0.101. The van der Waals surface area contributed by atoms with Crippen LogP contribution in [0.1, 0.15) is 21.8 Å². The maximum Gasteiger partial charge on any atom is 0.220 e. The molecule has 0 rings (SSSR count). The smallest absolute Gasteiger partial charge is 0.220 e. The summed E-state index contributed by atoms with van der Waals surface area (Å²) in [7, 11) is 5.64. The van der Waals surface area contributed by atoms with Gasteiger partial charge in [0.15, 0.2) is 0 Å². The normalized spacial score (nSPS) is 6.85. The van der Waals surface area contributed by atoms with Crippen molar-refractivity contribution in [1.29, 1.82) is 0 Å². The number of amides is 1. The molecular formula is C9H25N2OY-. The summed E-state index contributed by atoms with van der Waals surface area (Å²) >= 11 is 0. The molecule has 0 saturated carbocycles.